The quantitative estimate of drug-likeness (QED) is 0.781. The molecule has 0 spiro atoms. The van der Waals surface area contributed by atoms with Crippen LogP contribution in [-0.4, -0.2) is 56.8 Å². The van der Waals surface area contributed by atoms with Crippen LogP contribution in [0.15, 0.2) is 48.5 Å². The van der Waals surface area contributed by atoms with Crippen LogP contribution in [0.2, 0.25) is 0 Å². The number of nitrogens with one attached hydrogen (secondary N) is 1. The summed E-state index contributed by atoms with van der Waals surface area (Å²) in [5.74, 6) is -0.672. The van der Waals surface area contributed by atoms with Crippen LogP contribution in [-0.2, 0) is 15.8 Å². The predicted octanol–water partition coefficient (Wildman–Crippen LogP) is 2.39. The topological polar surface area (TPSA) is 69.7 Å². The molecule has 1 aliphatic rings. The molecule has 0 bridgehead atoms. The van der Waals surface area contributed by atoms with Gasteiger partial charge in [-0.25, -0.2) is 12.8 Å². The number of carbonyl (C=O) groups is 1. The number of piperazine rings is 1. The number of nitrogens with zero attached hydrogens (tertiary/aromatic N) is 2. The van der Waals surface area contributed by atoms with Crippen molar-refractivity contribution in [1.82, 2.24) is 14.5 Å². The van der Waals surface area contributed by atoms with Crippen LogP contribution >= 0.6 is 0 Å². The second-order valence-electron chi connectivity index (χ2n) is 7.40. The Bertz CT molecular complexity index is 938. The third-order valence-corrected chi connectivity index (χ3v) is 6.99. The smallest absolute Gasteiger partial charge is 0.251 e. The summed E-state index contributed by atoms with van der Waals surface area (Å²) in [4.78, 5) is 14.6. The van der Waals surface area contributed by atoms with Crippen molar-refractivity contribution >= 4 is 15.9 Å². The Kier molecular flexibility index (Phi) is 6.66. The van der Waals surface area contributed by atoms with Crippen molar-refractivity contribution < 1.29 is 17.6 Å². The fourth-order valence-electron chi connectivity index (χ4n) is 3.24. The number of likely N-dealkylation sites (N-methyl/N-ethyl adjacent to an activating group) is 1. The lowest BCUT2D eigenvalue weighted by atomic mass is 10.1. The molecule has 1 heterocycles. The average Bonchev–Trinajstić information content (AvgIpc) is 2.69. The van der Waals surface area contributed by atoms with Crippen molar-refractivity contribution in [3.63, 3.8) is 0 Å². The molecule has 29 heavy (non-hydrogen) atoms. The average molecular weight is 420 g/mol. The molecule has 156 valence electrons. The van der Waals surface area contributed by atoms with Crippen molar-refractivity contribution in [3.8, 4) is 0 Å². The molecule has 6 nitrogen and oxygen atoms in total. The molecule has 2 aromatic rings. The fourth-order valence-corrected chi connectivity index (χ4v) is 4.75. The van der Waals surface area contributed by atoms with Gasteiger partial charge in [0.25, 0.3) is 5.91 Å². The van der Waals surface area contributed by atoms with Gasteiger partial charge in [0, 0.05) is 31.7 Å². The van der Waals surface area contributed by atoms with Gasteiger partial charge in [-0.3, -0.25) is 4.79 Å². The molecule has 0 saturated carbocycles. The van der Waals surface area contributed by atoms with Gasteiger partial charge < -0.3 is 10.2 Å². The molecule has 2 aromatic carbocycles. The summed E-state index contributed by atoms with van der Waals surface area (Å²) in [6, 6.07) is 12.3. The Morgan fingerprint density at radius 3 is 2.21 bits per heavy atom. The minimum absolute atomic E-state index is 0.0788. The van der Waals surface area contributed by atoms with E-state index in [4.69, 9.17) is 0 Å². The van der Waals surface area contributed by atoms with E-state index < -0.39 is 10.0 Å². The Morgan fingerprint density at radius 2 is 1.62 bits per heavy atom. The number of hydrogen-bond donors (Lipinski definition) is 1. The van der Waals surface area contributed by atoms with Crippen molar-refractivity contribution in [1.29, 1.82) is 0 Å². The number of rotatable bonds is 6. The fraction of sp³-hybridized carbons (Fsp3) is 0.381. The van der Waals surface area contributed by atoms with Gasteiger partial charge in [-0.1, -0.05) is 24.3 Å². The van der Waals surface area contributed by atoms with Gasteiger partial charge in [0.15, 0.2) is 0 Å². The third-order valence-electron chi connectivity index (χ3n) is 5.14. The second-order valence-corrected chi connectivity index (χ2v) is 9.37. The zero-order valence-electron chi connectivity index (χ0n) is 16.6. The number of halogens is 1. The van der Waals surface area contributed by atoms with E-state index in [0.29, 0.717) is 24.2 Å². The van der Waals surface area contributed by atoms with Crippen molar-refractivity contribution in [3.05, 3.63) is 71.0 Å². The third kappa shape index (κ3) is 5.62. The van der Waals surface area contributed by atoms with E-state index >= 15 is 0 Å². The summed E-state index contributed by atoms with van der Waals surface area (Å²) < 4.78 is 39.8. The van der Waals surface area contributed by atoms with Crippen LogP contribution in [0.5, 0.6) is 0 Å². The van der Waals surface area contributed by atoms with Gasteiger partial charge in [0.1, 0.15) is 5.82 Å². The largest absolute Gasteiger partial charge is 0.346 e. The molecule has 1 fully saturated rings. The van der Waals surface area contributed by atoms with Crippen molar-refractivity contribution in [2.45, 2.75) is 18.7 Å². The lowest BCUT2D eigenvalue weighted by molar-refractivity contribution is 0.0940. The van der Waals surface area contributed by atoms with Crippen LogP contribution in [0, 0.1) is 5.82 Å². The lowest BCUT2D eigenvalue weighted by Gasteiger charge is -2.31. The van der Waals surface area contributed by atoms with Crippen LogP contribution in [0.4, 0.5) is 4.39 Å². The van der Waals surface area contributed by atoms with Gasteiger partial charge in [-0.05, 0) is 49.4 Å². The number of amides is 1. The highest BCUT2D eigenvalue weighted by Crippen LogP contribution is 2.16. The maximum atomic E-state index is 13.0. The van der Waals surface area contributed by atoms with Gasteiger partial charge in [0.2, 0.25) is 10.0 Å². The molecule has 0 radical (unpaired) electrons. The first-order valence-corrected chi connectivity index (χ1v) is 11.2. The van der Waals surface area contributed by atoms with E-state index in [9.17, 15) is 17.6 Å². The summed E-state index contributed by atoms with van der Waals surface area (Å²) in [7, 11) is -1.40. The summed E-state index contributed by atoms with van der Waals surface area (Å²) >= 11 is 0. The van der Waals surface area contributed by atoms with Crippen LogP contribution in [0.1, 0.15) is 34.5 Å². The molecule has 0 aromatic heterocycles. The van der Waals surface area contributed by atoms with Crippen molar-refractivity contribution in [2.75, 3.05) is 33.2 Å². The lowest BCUT2D eigenvalue weighted by Crippen LogP contribution is -2.47. The van der Waals surface area contributed by atoms with E-state index in [1.807, 2.05) is 14.0 Å². The highest BCUT2D eigenvalue weighted by molar-refractivity contribution is 7.88. The minimum atomic E-state index is -3.38. The highest BCUT2D eigenvalue weighted by Gasteiger charge is 2.25. The summed E-state index contributed by atoms with van der Waals surface area (Å²) in [6.07, 6.45) is 0. The monoisotopic (exact) mass is 419 g/mol. The Labute approximate surface area is 171 Å². The second kappa shape index (κ2) is 9.02. The molecule has 1 atom stereocenters. The maximum Gasteiger partial charge on any atom is 0.251 e. The molecule has 1 saturated heterocycles. The van der Waals surface area contributed by atoms with E-state index in [0.717, 1.165) is 18.7 Å². The Morgan fingerprint density at radius 1 is 1.03 bits per heavy atom. The zero-order chi connectivity index (χ0) is 21.0. The molecule has 1 N–H and O–H groups in total. The van der Waals surface area contributed by atoms with Gasteiger partial charge in [-0.2, -0.15) is 4.31 Å². The molecule has 1 unspecified atom stereocenters. The number of benzene rings is 2. The summed E-state index contributed by atoms with van der Waals surface area (Å²) in [6.45, 7) is 4.28. The first-order valence-electron chi connectivity index (χ1n) is 9.56. The zero-order valence-corrected chi connectivity index (χ0v) is 17.5. The van der Waals surface area contributed by atoms with E-state index in [1.165, 1.54) is 16.4 Å². The molecule has 1 amide bonds. The maximum absolute atomic E-state index is 13.0. The molecular weight excluding hydrogens is 393 g/mol. The Balaban J connectivity index is 1.60. The number of hydrogen-bond acceptors (Lipinski definition) is 4. The molecule has 8 heteroatoms. The van der Waals surface area contributed by atoms with Crippen LogP contribution in [0.25, 0.3) is 0 Å². The van der Waals surface area contributed by atoms with Gasteiger partial charge in [0.05, 0.1) is 11.8 Å². The van der Waals surface area contributed by atoms with Gasteiger partial charge >= 0.3 is 0 Å². The first kappa shape index (κ1) is 21.4. The normalized spacial score (nSPS) is 17.1. The van der Waals surface area contributed by atoms with Crippen LogP contribution < -0.4 is 5.32 Å². The first-order chi connectivity index (χ1) is 13.7. The standard InChI is InChI=1S/C21H26FN3O3S/c1-16(18-7-9-20(22)10-8-18)23-21(26)19-5-3-17(4-6-19)15-29(27,28)25-13-11-24(2)12-14-25/h3-10,16H,11-15H2,1-2H3,(H,23,26). The summed E-state index contributed by atoms with van der Waals surface area (Å²) in [5, 5.41) is 2.86. The number of carbonyl (C=O) groups excluding carboxylic acids is 1. The number of sulfonamides is 1. The predicted molar refractivity (Wildman–Crippen MR) is 110 cm³/mol. The molecule has 1 aliphatic heterocycles. The van der Waals surface area contributed by atoms with Crippen molar-refractivity contribution in [2.24, 2.45) is 0 Å². The molecule has 3 rings (SSSR count). The highest BCUT2D eigenvalue weighted by atomic mass is 32.2. The van der Waals surface area contributed by atoms with Gasteiger partial charge in [-0.15, -0.1) is 0 Å². The minimum Gasteiger partial charge on any atom is -0.346 e. The Hall–Kier alpha value is -2.29. The molecular formula is C21H26FN3O3S. The van der Waals surface area contributed by atoms with E-state index in [2.05, 4.69) is 10.2 Å². The van der Waals surface area contributed by atoms with E-state index in [-0.39, 0.29) is 23.5 Å². The van der Waals surface area contributed by atoms with Crippen LogP contribution in [0.3, 0.4) is 0 Å². The molecule has 0 aliphatic carbocycles. The SMILES string of the molecule is CC(NC(=O)c1ccc(CS(=O)(=O)N2CCN(C)CC2)cc1)c1ccc(F)cc1. The van der Waals surface area contributed by atoms with E-state index in [1.54, 1.807) is 36.4 Å². The summed E-state index contributed by atoms with van der Waals surface area (Å²) in [5.41, 5.74) is 1.89.